The number of carbonyl (C=O) groups excluding carboxylic acids is 2. The maximum Gasteiger partial charge on any atom is 0.387 e. The lowest BCUT2D eigenvalue weighted by molar-refractivity contribution is -0.0497. The van der Waals surface area contributed by atoms with E-state index in [9.17, 15) is 18.7 Å². The van der Waals surface area contributed by atoms with Crippen LogP contribution in [0.15, 0.2) is 84.9 Å². The maximum atomic E-state index is 15.0. The molecule has 0 bridgehead atoms. The number of hydrogen-bond acceptors (Lipinski definition) is 7. The molecule has 2 aliphatic rings. The summed E-state index contributed by atoms with van der Waals surface area (Å²) in [6.07, 6.45) is 0.636. The Hall–Kier alpha value is -5.43. The Morgan fingerprint density at radius 3 is 2.37 bits per heavy atom. The number of hydrogen-bond donors (Lipinski definition) is 1. The Balaban J connectivity index is 1.32. The average molecular weight is 799 g/mol. The van der Waals surface area contributed by atoms with Gasteiger partial charge in [-0.05, 0) is 91.1 Å². The zero-order valence-corrected chi connectivity index (χ0v) is 33.1. The Labute approximate surface area is 335 Å². The lowest BCUT2D eigenvalue weighted by atomic mass is 9.92. The molecule has 1 saturated heterocycles. The summed E-state index contributed by atoms with van der Waals surface area (Å²) in [5, 5.41) is 9.95. The molecule has 0 aliphatic carbocycles. The van der Waals surface area contributed by atoms with Gasteiger partial charge in [-0.3, -0.25) is 14.5 Å². The molecule has 57 heavy (non-hydrogen) atoms. The molecule has 0 saturated carbocycles. The number of ether oxygens (including phenoxy) is 3. The summed E-state index contributed by atoms with van der Waals surface area (Å²) in [6, 6.07) is 24.3. The van der Waals surface area contributed by atoms with E-state index in [0.717, 1.165) is 29.8 Å². The highest BCUT2D eigenvalue weighted by Gasteiger charge is 2.35. The van der Waals surface area contributed by atoms with E-state index in [2.05, 4.69) is 11.0 Å². The molecule has 1 aromatic heterocycles. The number of fused-ring (bicyclic) bond motifs is 1. The number of alkyl halides is 2. The van der Waals surface area contributed by atoms with Crippen LogP contribution in [0.5, 0.6) is 17.2 Å². The molecule has 4 aromatic carbocycles. The van der Waals surface area contributed by atoms with E-state index >= 15 is 4.79 Å². The number of nitrogens with zero attached hydrogens (tertiary/aromatic N) is 4. The topological polar surface area (TPSA) is 96.7 Å². The van der Waals surface area contributed by atoms with Gasteiger partial charge in [0.15, 0.2) is 0 Å². The fourth-order valence-electron chi connectivity index (χ4n) is 7.81. The van der Waals surface area contributed by atoms with Crippen molar-refractivity contribution in [1.29, 1.82) is 0 Å². The lowest BCUT2D eigenvalue weighted by Crippen LogP contribution is -2.52. The predicted molar refractivity (Wildman–Crippen MR) is 215 cm³/mol. The van der Waals surface area contributed by atoms with Gasteiger partial charge in [-0.15, -0.1) is 0 Å². The number of morpholine rings is 1. The number of aromatic hydroxyl groups is 1. The molecule has 1 N–H and O–H groups in total. The number of aromatic nitrogens is 1. The monoisotopic (exact) mass is 798 g/mol. The van der Waals surface area contributed by atoms with E-state index in [4.69, 9.17) is 25.8 Å². The third-order valence-electron chi connectivity index (χ3n) is 11.1. The first kappa shape index (κ1) is 39.8. The van der Waals surface area contributed by atoms with Crippen molar-refractivity contribution in [1.82, 2.24) is 14.4 Å². The quantitative estimate of drug-likeness (QED) is 0.145. The highest BCUT2D eigenvalue weighted by molar-refractivity contribution is 6.32. The maximum absolute atomic E-state index is 15.0. The Morgan fingerprint density at radius 1 is 0.947 bits per heavy atom. The molecule has 10 nitrogen and oxygen atoms in total. The van der Waals surface area contributed by atoms with Gasteiger partial charge < -0.3 is 33.7 Å². The summed E-state index contributed by atoms with van der Waals surface area (Å²) >= 11 is 6.60. The largest absolute Gasteiger partial charge is 0.508 e. The normalized spacial score (nSPS) is 15.7. The van der Waals surface area contributed by atoms with E-state index in [0.29, 0.717) is 61.1 Å². The minimum absolute atomic E-state index is 0.0491. The summed E-state index contributed by atoms with van der Waals surface area (Å²) in [5.74, 6) is -0.249. The van der Waals surface area contributed by atoms with Crippen molar-refractivity contribution in [3.8, 4) is 28.5 Å². The molecule has 2 aliphatic heterocycles. The van der Waals surface area contributed by atoms with Crippen LogP contribution in [0.2, 0.25) is 5.02 Å². The molecular formula is C44H45ClF2N4O6. The first-order valence-electron chi connectivity index (χ1n) is 18.8. The molecular weight excluding hydrogens is 754 g/mol. The molecule has 5 aromatic rings. The van der Waals surface area contributed by atoms with Crippen LogP contribution >= 0.6 is 11.6 Å². The van der Waals surface area contributed by atoms with Gasteiger partial charge in [0.05, 0.1) is 43.0 Å². The van der Waals surface area contributed by atoms with Gasteiger partial charge >= 0.3 is 6.61 Å². The third kappa shape index (κ3) is 8.34. The molecule has 3 heterocycles. The van der Waals surface area contributed by atoms with Gasteiger partial charge in [0.2, 0.25) is 0 Å². The van der Waals surface area contributed by atoms with Gasteiger partial charge in [-0.2, -0.15) is 8.78 Å². The van der Waals surface area contributed by atoms with Gasteiger partial charge in [0.1, 0.15) is 17.2 Å². The number of carbonyl (C=O) groups is 2. The minimum atomic E-state index is -3.17. The molecule has 1 atom stereocenters. The zero-order valence-electron chi connectivity index (χ0n) is 32.3. The SMILES string of the molecule is COc1cccc(CN(C(=O)c2cc(-c3cc(OC(F)F)c(Cl)cc3C(=O)N3Cc4ccccc4C[C@H]3CN3CCOCC3)n(C)c2C)c2ccc(O)cc2)c1C. The second kappa shape index (κ2) is 17.0. The number of anilines is 1. The van der Waals surface area contributed by atoms with Crippen LogP contribution in [0.25, 0.3) is 11.3 Å². The Kier molecular flexibility index (Phi) is 11.8. The molecule has 0 radical (unpaired) electrons. The minimum Gasteiger partial charge on any atom is -0.508 e. The second-order valence-electron chi connectivity index (χ2n) is 14.4. The first-order chi connectivity index (χ1) is 27.4. The van der Waals surface area contributed by atoms with E-state index < -0.39 is 6.61 Å². The van der Waals surface area contributed by atoms with Crippen LogP contribution in [-0.2, 0) is 31.3 Å². The van der Waals surface area contributed by atoms with Crippen molar-refractivity contribution in [2.75, 3.05) is 44.9 Å². The van der Waals surface area contributed by atoms with Crippen molar-refractivity contribution in [2.45, 2.75) is 46.0 Å². The fraction of sp³-hybridized carbons (Fsp3) is 0.318. The summed E-state index contributed by atoms with van der Waals surface area (Å²) in [5.41, 5.74) is 6.25. The molecule has 2 amide bonds. The number of methoxy groups -OCH3 is 1. The van der Waals surface area contributed by atoms with Crippen LogP contribution in [0.3, 0.4) is 0 Å². The molecule has 13 heteroatoms. The molecule has 298 valence electrons. The van der Waals surface area contributed by atoms with E-state index in [1.54, 1.807) is 48.7 Å². The standard InChI is InChI=1S/C44H45ClF2N4O6/c1-27-30(10-7-11-40(27)55-4)24-50(32-12-14-34(52)15-13-32)42(53)35-22-39(48(3)28(35)2)36-23-41(57-44(46)47)38(45)21-37(36)43(54)51-25-31-9-6-5-8-29(31)20-33(51)26-49-16-18-56-19-17-49/h5-15,21-23,33,44,52H,16-20,24-26H2,1-4H3/t33-/m0/s1. The summed E-state index contributed by atoms with van der Waals surface area (Å²) < 4.78 is 45.2. The fourth-order valence-corrected chi connectivity index (χ4v) is 8.02. The zero-order chi connectivity index (χ0) is 40.4. The van der Waals surface area contributed by atoms with E-state index in [1.165, 1.54) is 29.8 Å². The average Bonchev–Trinajstić information content (AvgIpc) is 3.50. The van der Waals surface area contributed by atoms with Gasteiger partial charge in [0, 0.05) is 61.9 Å². The van der Waals surface area contributed by atoms with Gasteiger partial charge in [-0.25, -0.2) is 0 Å². The van der Waals surface area contributed by atoms with E-state index in [-0.39, 0.29) is 52.0 Å². The van der Waals surface area contributed by atoms with Crippen LogP contribution in [0.1, 0.15) is 48.7 Å². The number of phenols is 1. The molecule has 0 unspecified atom stereocenters. The molecule has 7 rings (SSSR count). The summed E-state index contributed by atoms with van der Waals surface area (Å²) in [7, 11) is 3.35. The van der Waals surface area contributed by atoms with Crippen LogP contribution in [-0.4, -0.2) is 83.9 Å². The van der Waals surface area contributed by atoms with Crippen molar-refractivity contribution in [3.05, 3.63) is 129 Å². The number of amides is 2. The van der Waals surface area contributed by atoms with Crippen molar-refractivity contribution in [3.63, 3.8) is 0 Å². The van der Waals surface area contributed by atoms with E-state index in [1.807, 2.05) is 48.2 Å². The smallest absolute Gasteiger partial charge is 0.387 e. The molecule has 0 spiro atoms. The highest BCUT2D eigenvalue weighted by Crippen LogP contribution is 2.39. The summed E-state index contributed by atoms with van der Waals surface area (Å²) in [6.45, 7) is 4.40. The van der Waals surface area contributed by atoms with Crippen molar-refractivity contribution < 1.29 is 37.7 Å². The van der Waals surface area contributed by atoms with Crippen LogP contribution in [0.4, 0.5) is 14.5 Å². The summed E-state index contributed by atoms with van der Waals surface area (Å²) in [4.78, 5) is 35.5. The van der Waals surface area contributed by atoms with Crippen LogP contribution in [0, 0.1) is 13.8 Å². The second-order valence-corrected chi connectivity index (χ2v) is 14.8. The Morgan fingerprint density at radius 2 is 1.67 bits per heavy atom. The van der Waals surface area contributed by atoms with Crippen molar-refractivity contribution in [2.24, 2.45) is 7.05 Å². The highest BCUT2D eigenvalue weighted by atomic mass is 35.5. The number of halogens is 3. The number of rotatable bonds is 11. The predicted octanol–water partition coefficient (Wildman–Crippen LogP) is 8.02. The molecule has 1 fully saturated rings. The number of benzene rings is 4. The van der Waals surface area contributed by atoms with Gasteiger partial charge in [0.25, 0.3) is 11.8 Å². The first-order valence-corrected chi connectivity index (χ1v) is 19.2. The Bertz CT molecular complexity index is 2270. The van der Waals surface area contributed by atoms with Crippen LogP contribution < -0.4 is 14.4 Å². The van der Waals surface area contributed by atoms with Crippen molar-refractivity contribution >= 4 is 29.1 Å². The lowest BCUT2D eigenvalue weighted by Gasteiger charge is -2.40. The van der Waals surface area contributed by atoms with Gasteiger partial charge in [-0.1, -0.05) is 48.0 Å². The third-order valence-corrected chi connectivity index (χ3v) is 11.4. The number of phenolic OH excluding ortho intramolecular Hbond substituents is 1.